The number of carbonyl (C=O) groups is 1. The molecule has 2 aromatic rings. The summed E-state index contributed by atoms with van der Waals surface area (Å²) in [7, 11) is 0. The SMILES string of the molecule is CCCCCc1cc(O)c2c3c(c(=O)oc2c1)CCC(=O)C3. The van der Waals surface area contributed by atoms with Crippen molar-refractivity contribution in [2.24, 2.45) is 0 Å². The number of aromatic hydroxyl groups is 1. The van der Waals surface area contributed by atoms with Gasteiger partial charge in [-0.05, 0) is 42.5 Å². The Kier molecular flexibility index (Phi) is 4.01. The first-order valence-corrected chi connectivity index (χ1v) is 7.92. The van der Waals surface area contributed by atoms with E-state index in [0.29, 0.717) is 34.9 Å². The van der Waals surface area contributed by atoms with E-state index in [1.54, 1.807) is 6.07 Å². The van der Waals surface area contributed by atoms with Gasteiger partial charge < -0.3 is 9.52 Å². The molecule has 1 aliphatic carbocycles. The third kappa shape index (κ3) is 2.65. The minimum atomic E-state index is -0.375. The summed E-state index contributed by atoms with van der Waals surface area (Å²) in [6.07, 6.45) is 5.13. The van der Waals surface area contributed by atoms with Gasteiger partial charge in [-0.2, -0.15) is 0 Å². The number of benzene rings is 1. The van der Waals surface area contributed by atoms with Crippen molar-refractivity contribution in [1.82, 2.24) is 0 Å². The summed E-state index contributed by atoms with van der Waals surface area (Å²) in [6.45, 7) is 2.14. The number of unbranched alkanes of at least 4 members (excludes halogenated alkanes) is 2. The van der Waals surface area contributed by atoms with Gasteiger partial charge in [-0.3, -0.25) is 4.79 Å². The summed E-state index contributed by atoms with van der Waals surface area (Å²) >= 11 is 0. The molecule has 1 heterocycles. The Morgan fingerprint density at radius 2 is 1.95 bits per heavy atom. The van der Waals surface area contributed by atoms with Crippen LogP contribution in [0.15, 0.2) is 21.3 Å². The van der Waals surface area contributed by atoms with Crippen LogP contribution >= 0.6 is 0 Å². The van der Waals surface area contributed by atoms with E-state index in [0.717, 1.165) is 31.2 Å². The summed E-state index contributed by atoms with van der Waals surface area (Å²) in [5, 5.41) is 10.9. The molecule has 4 heteroatoms. The Hall–Kier alpha value is -2.10. The molecule has 1 aliphatic rings. The third-order valence-corrected chi connectivity index (χ3v) is 4.35. The van der Waals surface area contributed by atoms with Crippen LogP contribution in [0.25, 0.3) is 11.0 Å². The minimum Gasteiger partial charge on any atom is -0.507 e. The second-order valence-electron chi connectivity index (χ2n) is 6.01. The van der Waals surface area contributed by atoms with Gasteiger partial charge in [-0.15, -0.1) is 0 Å². The molecule has 0 fully saturated rings. The molecule has 1 N–H and O–H groups in total. The van der Waals surface area contributed by atoms with Crippen molar-refractivity contribution < 1.29 is 14.3 Å². The molecule has 0 amide bonds. The zero-order chi connectivity index (χ0) is 15.7. The highest BCUT2D eigenvalue weighted by molar-refractivity contribution is 5.94. The van der Waals surface area contributed by atoms with Crippen LogP contribution in [0.1, 0.15) is 49.3 Å². The first kappa shape index (κ1) is 14.8. The fourth-order valence-electron chi connectivity index (χ4n) is 3.20. The molecular weight excluding hydrogens is 280 g/mol. The van der Waals surface area contributed by atoms with E-state index in [1.807, 2.05) is 6.07 Å². The van der Waals surface area contributed by atoms with Gasteiger partial charge in [0.25, 0.3) is 0 Å². The van der Waals surface area contributed by atoms with Crippen LogP contribution in [0, 0.1) is 0 Å². The van der Waals surface area contributed by atoms with E-state index < -0.39 is 0 Å². The number of fused-ring (bicyclic) bond motifs is 3. The van der Waals surface area contributed by atoms with Crippen molar-refractivity contribution in [2.75, 3.05) is 0 Å². The Balaban J connectivity index is 2.12. The number of hydrogen-bond donors (Lipinski definition) is 1. The van der Waals surface area contributed by atoms with Crippen LogP contribution in [0.4, 0.5) is 0 Å². The summed E-state index contributed by atoms with van der Waals surface area (Å²) < 4.78 is 5.40. The van der Waals surface area contributed by atoms with Crippen molar-refractivity contribution in [3.63, 3.8) is 0 Å². The van der Waals surface area contributed by atoms with E-state index >= 15 is 0 Å². The minimum absolute atomic E-state index is 0.103. The first-order valence-electron chi connectivity index (χ1n) is 7.92. The molecular formula is C18H20O4. The van der Waals surface area contributed by atoms with Gasteiger partial charge in [0.1, 0.15) is 17.1 Å². The highest BCUT2D eigenvalue weighted by Gasteiger charge is 2.24. The molecule has 22 heavy (non-hydrogen) atoms. The summed E-state index contributed by atoms with van der Waals surface area (Å²) in [5.74, 6) is 0.213. The standard InChI is InChI=1S/C18H20O4/c1-2-3-4-5-11-8-15(20)17-14-10-12(19)6-7-13(14)18(21)22-16(17)9-11/h8-9,20H,2-7,10H2,1H3. The molecule has 0 radical (unpaired) electrons. The van der Waals surface area contributed by atoms with Crippen LogP contribution in [-0.4, -0.2) is 10.9 Å². The second-order valence-corrected chi connectivity index (χ2v) is 6.01. The molecule has 0 saturated heterocycles. The first-order chi connectivity index (χ1) is 10.6. The second kappa shape index (κ2) is 5.95. The summed E-state index contributed by atoms with van der Waals surface area (Å²) in [6, 6.07) is 3.56. The Bertz CT molecular complexity index is 786. The monoisotopic (exact) mass is 300 g/mol. The molecule has 0 bridgehead atoms. The van der Waals surface area contributed by atoms with Crippen molar-refractivity contribution >= 4 is 16.8 Å². The van der Waals surface area contributed by atoms with Gasteiger partial charge >= 0.3 is 5.63 Å². The predicted molar refractivity (Wildman–Crippen MR) is 84.4 cm³/mol. The number of aryl methyl sites for hydroxylation is 1. The quantitative estimate of drug-likeness (QED) is 0.695. The zero-order valence-electron chi connectivity index (χ0n) is 12.8. The smallest absolute Gasteiger partial charge is 0.339 e. The topological polar surface area (TPSA) is 67.5 Å². The number of carbonyl (C=O) groups excluding carboxylic acids is 1. The predicted octanol–water partition coefficient (Wildman–Crippen LogP) is 3.29. The lowest BCUT2D eigenvalue weighted by atomic mass is 9.89. The van der Waals surface area contributed by atoms with E-state index in [-0.39, 0.29) is 23.6 Å². The Morgan fingerprint density at radius 3 is 2.73 bits per heavy atom. The molecule has 116 valence electrons. The average molecular weight is 300 g/mol. The maximum Gasteiger partial charge on any atom is 0.339 e. The summed E-state index contributed by atoms with van der Waals surface area (Å²) in [5.41, 5.74) is 2.18. The van der Waals surface area contributed by atoms with E-state index in [1.165, 1.54) is 0 Å². The van der Waals surface area contributed by atoms with Crippen molar-refractivity contribution in [3.05, 3.63) is 39.2 Å². The summed E-state index contributed by atoms with van der Waals surface area (Å²) in [4.78, 5) is 23.8. The van der Waals surface area contributed by atoms with Crippen molar-refractivity contribution in [1.29, 1.82) is 0 Å². The van der Waals surface area contributed by atoms with Gasteiger partial charge in [0.05, 0.1) is 5.39 Å². The number of hydrogen-bond acceptors (Lipinski definition) is 4. The zero-order valence-corrected chi connectivity index (χ0v) is 12.8. The molecule has 0 spiro atoms. The van der Waals surface area contributed by atoms with Gasteiger partial charge in [-0.25, -0.2) is 4.79 Å². The maximum atomic E-state index is 12.1. The molecule has 0 aliphatic heterocycles. The molecule has 0 atom stereocenters. The van der Waals surface area contributed by atoms with E-state index in [4.69, 9.17) is 4.42 Å². The van der Waals surface area contributed by atoms with Crippen LogP contribution in [0.5, 0.6) is 5.75 Å². The molecule has 0 saturated carbocycles. The number of phenols is 1. The number of phenolic OH excluding ortho intramolecular Hbond substituents is 1. The molecule has 1 aromatic carbocycles. The fraction of sp³-hybridized carbons (Fsp3) is 0.444. The van der Waals surface area contributed by atoms with E-state index in [9.17, 15) is 14.7 Å². The highest BCUT2D eigenvalue weighted by Crippen LogP contribution is 2.33. The molecule has 4 nitrogen and oxygen atoms in total. The lowest BCUT2D eigenvalue weighted by Gasteiger charge is -2.16. The average Bonchev–Trinajstić information content (AvgIpc) is 2.46. The van der Waals surface area contributed by atoms with Crippen LogP contribution in [-0.2, 0) is 24.1 Å². The van der Waals surface area contributed by atoms with Gasteiger partial charge in [0.15, 0.2) is 0 Å². The van der Waals surface area contributed by atoms with Crippen LogP contribution in [0.3, 0.4) is 0 Å². The van der Waals surface area contributed by atoms with Crippen molar-refractivity contribution in [2.45, 2.75) is 51.9 Å². The van der Waals surface area contributed by atoms with Gasteiger partial charge in [-0.1, -0.05) is 19.8 Å². The van der Waals surface area contributed by atoms with Crippen LogP contribution < -0.4 is 5.63 Å². The maximum absolute atomic E-state index is 12.1. The van der Waals surface area contributed by atoms with Gasteiger partial charge in [0.2, 0.25) is 0 Å². The van der Waals surface area contributed by atoms with Gasteiger partial charge in [0, 0.05) is 18.4 Å². The largest absolute Gasteiger partial charge is 0.507 e. The lowest BCUT2D eigenvalue weighted by molar-refractivity contribution is -0.118. The Morgan fingerprint density at radius 1 is 1.14 bits per heavy atom. The van der Waals surface area contributed by atoms with Crippen molar-refractivity contribution in [3.8, 4) is 5.75 Å². The number of Topliss-reactive ketones (excluding diaryl/α,β-unsaturated/α-hetero) is 1. The highest BCUT2D eigenvalue weighted by atomic mass is 16.4. The number of rotatable bonds is 4. The van der Waals surface area contributed by atoms with Crippen LogP contribution in [0.2, 0.25) is 0 Å². The molecule has 1 aromatic heterocycles. The number of ketones is 1. The molecule has 0 unspecified atom stereocenters. The van der Waals surface area contributed by atoms with E-state index in [2.05, 4.69) is 6.92 Å². The lowest BCUT2D eigenvalue weighted by Crippen LogP contribution is -2.21. The fourth-order valence-corrected chi connectivity index (χ4v) is 3.20. The Labute approximate surface area is 128 Å². The third-order valence-electron chi connectivity index (χ3n) is 4.35. The molecule has 3 rings (SSSR count). The normalized spacial score (nSPS) is 14.3.